The van der Waals surface area contributed by atoms with Gasteiger partial charge in [-0.15, -0.1) is 0 Å². The third-order valence-corrected chi connectivity index (χ3v) is 4.17. The van der Waals surface area contributed by atoms with Crippen molar-refractivity contribution in [2.75, 3.05) is 20.8 Å². The summed E-state index contributed by atoms with van der Waals surface area (Å²) in [7, 11) is 3.71. The molecule has 0 amide bonds. The predicted octanol–water partition coefficient (Wildman–Crippen LogP) is 2.85. The molecule has 1 aliphatic carbocycles. The molecule has 0 saturated heterocycles. The van der Waals surface area contributed by atoms with E-state index >= 15 is 0 Å². The first-order valence-corrected chi connectivity index (χ1v) is 6.65. The fraction of sp³-hybridized carbons (Fsp3) is 0.600. The number of hydrogen-bond donors (Lipinski definition) is 1. The molecule has 1 aliphatic rings. The van der Waals surface area contributed by atoms with Crippen LogP contribution in [-0.4, -0.2) is 26.8 Å². The van der Waals surface area contributed by atoms with E-state index in [9.17, 15) is 0 Å². The first-order valence-electron chi connectivity index (χ1n) is 6.65. The zero-order valence-corrected chi connectivity index (χ0v) is 11.5. The lowest BCUT2D eigenvalue weighted by molar-refractivity contribution is 0.234. The van der Waals surface area contributed by atoms with Crippen molar-refractivity contribution in [3.63, 3.8) is 0 Å². The van der Waals surface area contributed by atoms with Crippen LogP contribution in [0.4, 0.5) is 0 Å². The monoisotopic (exact) mass is 249 g/mol. The topological polar surface area (TPSA) is 30.5 Å². The first kappa shape index (κ1) is 13.2. The minimum Gasteiger partial charge on any atom is -0.493 e. The first-order chi connectivity index (χ1) is 8.72. The number of rotatable bonds is 7. The molecule has 100 valence electrons. The minimum atomic E-state index is 0.455. The van der Waals surface area contributed by atoms with E-state index in [-0.39, 0.29) is 0 Å². The van der Waals surface area contributed by atoms with Crippen LogP contribution in [0.15, 0.2) is 24.3 Å². The van der Waals surface area contributed by atoms with E-state index in [2.05, 4.69) is 12.2 Å². The predicted molar refractivity (Wildman–Crippen MR) is 73.3 cm³/mol. The Bertz CT molecular complexity index is 388. The van der Waals surface area contributed by atoms with Crippen molar-refractivity contribution in [2.45, 2.75) is 32.2 Å². The molecule has 1 saturated carbocycles. The normalized spacial score (nSPS) is 18.2. The van der Waals surface area contributed by atoms with Crippen molar-refractivity contribution in [3.8, 4) is 11.5 Å². The molecule has 0 heterocycles. The summed E-state index contributed by atoms with van der Waals surface area (Å²) in [6.07, 6.45) is 3.72. The number of ether oxygens (including phenoxy) is 2. The van der Waals surface area contributed by atoms with Crippen LogP contribution in [0.5, 0.6) is 11.5 Å². The fourth-order valence-electron chi connectivity index (χ4n) is 2.47. The SMILES string of the molecule is CNC(C)C1(CCOc2ccccc2OC)CC1. The Morgan fingerprint density at radius 2 is 1.94 bits per heavy atom. The molecule has 1 fully saturated rings. The lowest BCUT2D eigenvalue weighted by atomic mass is 9.94. The molecular weight excluding hydrogens is 226 g/mol. The highest BCUT2D eigenvalue weighted by Gasteiger charge is 2.46. The number of benzene rings is 1. The molecule has 2 rings (SSSR count). The smallest absolute Gasteiger partial charge is 0.161 e. The molecule has 3 heteroatoms. The fourth-order valence-corrected chi connectivity index (χ4v) is 2.47. The number of methoxy groups -OCH3 is 1. The van der Waals surface area contributed by atoms with Gasteiger partial charge in [0.05, 0.1) is 13.7 Å². The minimum absolute atomic E-state index is 0.455. The number of hydrogen-bond acceptors (Lipinski definition) is 3. The largest absolute Gasteiger partial charge is 0.493 e. The summed E-state index contributed by atoms with van der Waals surface area (Å²) in [5, 5.41) is 3.36. The van der Waals surface area contributed by atoms with E-state index in [0.717, 1.165) is 24.5 Å². The van der Waals surface area contributed by atoms with E-state index < -0.39 is 0 Å². The summed E-state index contributed by atoms with van der Waals surface area (Å²) >= 11 is 0. The Hall–Kier alpha value is -1.22. The molecule has 0 aromatic heterocycles. The average Bonchev–Trinajstić information content (AvgIpc) is 3.19. The maximum Gasteiger partial charge on any atom is 0.161 e. The molecule has 1 N–H and O–H groups in total. The molecular formula is C15H23NO2. The van der Waals surface area contributed by atoms with Gasteiger partial charge < -0.3 is 14.8 Å². The van der Waals surface area contributed by atoms with Gasteiger partial charge >= 0.3 is 0 Å². The summed E-state index contributed by atoms with van der Waals surface area (Å²) in [6.45, 7) is 3.02. The van der Waals surface area contributed by atoms with Gasteiger partial charge in [-0.25, -0.2) is 0 Å². The molecule has 3 nitrogen and oxygen atoms in total. The molecule has 0 bridgehead atoms. The van der Waals surface area contributed by atoms with Gasteiger partial charge in [-0.2, -0.15) is 0 Å². The highest BCUT2D eigenvalue weighted by molar-refractivity contribution is 5.39. The van der Waals surface area contributed by atoms with Crippen LogP contribution < -0.4 is 14.8 Å². The molecule has 18 heavy (non-hydrogen) atoms. The molecule has 1 unspecified atom stereocenters. The Kier molecular flexibility index (Phi) is 4.12. The molecule has 0 spiro atoms. The van der Waals surface area contributed by atoms with E-state index in [1.54, 1.807) is 7.11 Å². The number of nitrogens with one attached hydrogen (secondary N) is 1. The van der Waals surface area contributed by atoms with Crippen molar-refractivity contribution in [3.05, 3.63) is 24.3 Å². The van der Waals surface area contributed by atoms with Gasteiger partial charge in [-0.05, 0) is 50.8 Å². The van der Waals surface area contributed by atoms with Crippen LogP contribution >= 0.6 is 0 Å². The summed E-state index contributed by atoms with van der Waals surface area (Å²) < 4.78 is 11.1. The second-order valence-electron chi connectivity index (χ2n) is 5.12. The zero-order chi connectivity index (χ0) is 13.0. The average molecular weight is 249 g/mol. The molecule has 1 aromatic carbocycles. The van der Waals surface area contributed by atoms with Crippen molar-refractivity contribution in [1.82, 2.24) is 5.32 Å². The lowest BCUT2D eigenvalue weighted by Gasteiger charge is -2.23. The Labute approximate surface area is 109 Å². The summed E-state index contributed by atoms with van der Waals surface area (Å²) in [6, 6.07) is 8.38. The summed E-state index contributed by atoms with van der Waals surface area (Å²) in [4.78, 5) is 0. The Balaban J connectivity index is 1.85. The van der Waals surface area contributed by atoms with E-state index in [4.69, 9.17) is 9.47 Å². The van der Waals surface area contributed by atoms with Crippen LogP contribution in [0.3, 0.4) is 0 Å². The van der Waals surface area contributed by atoms with Gasteiger partial charge in [-0.1, -0.05) is 12.1 Å². The Morgan fingerprint density at radius 3 is 2.50 bits per heavy atom. The maximum atomic E-state index is 5.85. The van der Waals surface area contributed by atoms with Crippen LogP contribution in [0.25, 0.3) is 0 Å². The van der Waals surface area contributed by atoms with Crippen LogP contribution in [0.1, 0.15) is 26.2 Å². The van der Waals surface area contributed by atoms with Crippen molar-refractivity contribution in [1.29, 1.82) is 0 Å². The standard InChI is InChI=1S/C15H23NO2/c1-12(16-2)15(8-9-15)10-11-18-14-7-5-4-6-13(14)17-3/h4-7,12,16H,8-11H2,1-3H3. The third-order valence-electron chi connectivity index (χ3n) is 4.17. The quantitative estimate of drug-likeness (QED) is 0.806. The molecule has 1 atom stereocenters. The highest BCUT2D eigenvalue weighted by Crippen LogP contribution is 2.51. The van der Waals surface area contributed by atoms with Gasteiger partial charge in [0.15, 0.2) is 11.5 Å². The van der Waals surface area contributed by atoms with E-state index in [1.165, 1.54) is 12.8 Å². The van der Waals surface area contributed by atoms with Gasteiger partial charge in [0, 0.05) is 6.04 Å². The van der Waals surface area contributed by atoms with Crippen LogP contribution in [0.2, 0.25) is 0 Å². The van der Waals surface area contributed by atoms with Crippen LogP contribution in [-0.2, 0) is 0 Å². The molecule has 0 radical (unpaired) electrons. The molecule has 1 aromatic rings. The van der Waals surface area contributed by atoms with Crippen LogP contribution in [0, 0.1) is 5.41 Å². The number of para-hydroxylation sites is 2. The van der Waals surface area contributed by atoms with Gasteiger partial charge in [-0.3, -0.25) is 0 Å². The summed E-state index contributed by atoms with van der Waals surface area (Å²) in [5.74, 6) is 1.65. The van der Waals surface area contributed by atoms with Gasteiger partial charge in [0.25, 0.3) is 0 Å². The highest BCUT2D eigenvalue weighted by atomic mass is 16.5. The molecule has 0 aliphatic heterocycles. The van der Waals surface area contributed by atoms with Gasteiger partial charge in [0.1, 0.15) is 0 Å². The lowest BCUT2D eigenvalue weighted by Crippen LogP contribution is -2.33. The van der Waals surface area contributed by atoms with E-state index in [1.807, 2.05) is 31.3 Å². The van der Waals surface area contributed by atoms with Crippen molar-refractivity contribution >= 4 is 0 Å². The second kappa shape index (κ2) is 5.61. The van der Waals surface area contributed by atoms with E-state index in [0.29, 0.717) is 11.5 Å². The summed E-state index contributed by atoms with van der Waals surface area (Å²) in [5.41, 5.74) is 0.455. The maximum absolute atomic E-state index is 5.85. The Morgan fingerprint density at radius 1 is 1.28 bits per heavy atom. The van der Waals surface area contributed by atoms with Gasteiger partial charge in [0.2, 0.25) is 0 Å². The third kappa shape index (κ3) is 2.78. The van der Waals surface area contributed by atoms with Crippen molar-refractivity contribution in [2.24, 2.45) is 5.41 Å². The zero-order valence-electron chi connectivity index (χ0n) is 11.5. The van der Waals surface area contributed by atoms with Crippen molar-refractivity contribution < 1.29 is 9.47 Å². The second-order valence-corrected chi connectivity index (χ2v) is 5.12.